The highest BCUT2D eigenvalue weighted by molar-refractivity contribution is 8.00. The first kappa shape index (κ1) is 32.4. The highest BCUT2D eigenvalue weighted by atomic mass is 32.2. The Bertz CT molecular complexity index is 1720. The van der Waals surface area contributed by atoms with Crippen LogP contribution in [0.3, 0.4) is 0 Å². The van der Waals surface area contributed by atoms with Gasteiger partial charge in [-0.05, 0) is 79.2 Å². The molecule has 4 rings (SSSR count). The van der Waals surface area contributed by atoms with Crippen molar-refractivity contribution in [2.75, 3.05) is 17.7 Å². The molecule has 0 saturated carbocycles. The van der Waals surface area contributed by atoms with Crippen molar-refractivity contribution in [3.63, 3.8) is 0 Å². The van der Waals surface area contributed by atoms with Crippen LogP contribution in [0.4, 0.5) is 11.4 Å². The first-order valence-corrected chi connectivity index (χ1v) is 14.8. The molecule has 4 amide bonds. The maximum atomic E-state index is 13.5. The minimum atomic E-state index is -0.597. The van der Waals surface area contributed by atoms with Crippen molar-refractivity contribution in [1.82, 2.24) is 5.32 Å². The van der Waals surface area contributed by atoms with Crippen molar-refractivity contribution in [3.8, 4) is 11.5 Å². The molecule has 0 aromatic heterocycles. The lowest BCUT2D eigenvalue weighted by molar-refractivity contribution is -0.116. The van der Waals surface area contributed by atoms with E-state index in [1.54, 1.807) is 78.9 Å². The molecule has 0 heterocycles. The number of thioether (sulfide) groups is 1. The zero-order valence-corrected chi connectivity index (χ0v) is 25.4. The Labute approximate surface area is 264 Å². The van der Waals surface area contributed by atoms with E-state index in [-0.39, 0.29) is 17.4 Å². The monoisotopic (exact) mass is 624 g/mol. The van der Waals surface area contributed by atoms with Crippen LogP contribution in [0.25, 0.3) is 6.08 Å². The Hall–Kier alpha value is -5.55. The highest BCUT2D eigenvalue weighted by Crippen LogP contribution is 2.29. The molecule has 45 heavy (non-hydrogen) atoms. The summed E-state index contributed by atoms with van der Waals surface area (Å²) in [7, 11) is 1.43. The molecule has 0 radical (unpaired) electrons. The third kappa shape index (κ3) is 8.97. The molecule has 0 aliphatic carbocycles. The fourth-order valence-electron chi connectivity index (χ4n) is 4.19. The quantitative estimate of drug-likeness (QED) is 0.104. The molecule has 1 unspecified atom stereocenters. The van der Waals surface area contributed by atoms with Gasteiger partial charge in [0.2, 0.25) is 11.8 Å². The van der Waals surface area contributed by atoms with Crippen molar-refractivity contribution in [1.29, 1.82) is 0 Å². The lowest BCUT2D eigenvalue weighted by atomic mass is 10.1. The van der Waals surface area contributed by atoms with Gasteiger partial charge in [-0.2, -0.15) is 0 Å². The van der Waals surface area contributed by atoms with Crippen LogP contribution in [0, 0.1) is 0 Å². The Kier molecular flexibility index (Phi) is 11.0. The summed E-state index contributed by atoms with van der Waals surface area (Å²) in [5, 5.41) is 17.8. The topological polar surface area (TPSA) is 160 Å². The molecule has 0 aliphatic heterocycles. The molecule has 0 fully saturated rings. The number of nitrogens with one attached hydrogen (secondary N) is 3. The van der Waals surface area contributed by atoms with E-state index in [1.807, 2.05) is 13.0 Å². The summed E-state index contributed by atoms with van der Waals surface area (Å²) in [5.74, 6) is -1.57. The minimum Gasteiger partial charge on any atom is -0.508 e. The molecule has 11 heteroatoms. The largest absolute Gasteiger partial charge is 0.508 e. The van der Waals surface area contributed by atoms with Crippen LogP contribution in [0.5, 0.6) is 11.5 Å². The molecule has 4 aromatic carbocycles. The maximum absolute atomic E-state index is 13.5. The summed E-state index contributed by atoms with van der Waals surface area (Å²) >= 11 is 1.33. The van der Waals surface area contributed by atoms with E-state index in [0.29, 0.717) is 40.2 Å². The van der Waals surface area contributed by atoms with E-state index in [0.717, 1.165) is 4.90 Å². The number of rotatable bonds is 12. The van der Waals surface area contributed by atoms with Crippen molar-refractivity contribution < 1.29 is 29.0 Å². The van der Waals surface area contributed by atoms with Crippen LogP contribution >= 0.6 is 11.8 Å². The minimum absolute atomic E-state index is 0.0160. The summed E-state index contributed by atoms with van der Waals surface area (Å²) in [6.45, 7) is 1.89. The average Bonchev–Trinajstić information content (AvgIpc) is 3.04. The number of amides is 4. The van der Waals surface area contributed by atoms with E-state index in [2.05, 4.69) is 16.0 Å². The van der Waals surface area contributed by atoms with Crippen LogP contribution in [0.1, 0.15) is 39.6 Å². The molecule has 0 saturated heterocycles. The molecule has 230 valence electrons. The number of nitrogens with two attached hydrogens (primary N) is 1. The SMILES string of the molecule is CCC(Sc1cccc(NC(=O)/C(=C\c2ccc(O)cc2OC)NC(=O)c2ccccc2)c1)C(=O)Nc1ccc(C(N)=O)cc1. The van der Waals surface area contributed by atoms with Gasteiger partial charge in [0.25, 0.3) is 11.8 Å². The van der Waals surface area contributed by atoms with Gasteiger partial charge in [-0.25, -0.2) is 0 Å². The number of aromatic hydroxyl groups is 1. The predicted octanol–water partition coefficient (Wildman–Crippen LogP) is 5.42. The first-order valence-electron chi connectivity index (χ1n) is 13.9. The Morgan fingerprint density at radius 1 is 0.867 bits per heavy atom. The van der Waals surface area contributed by atoms with Gasteiger partial charge in [-0.15, -0.1) is 11.8 Å². The molecule has 0 bridgehead atoms. The molecule has 6 N–H and O–H groups in total. The van der Waals surface area contributed by atoms with Crippen molar-refractivity contribution in [2.24, 2.45) is 5.73 Å². The Morgan fingerprint density at radius 3 is 2.27 bits per heavy atom. The van der Waals surface area contributed by atoms with Crippen molar-refractivity contribution >= 4 is 52.8 Å². The Morgan fingerprint density at radius 2 is 1.60 bits per heavy atom. The summed E-state index contributed by atoms with van der Waals surface area (Å²) in [4.78, 5) is 51.6. The number of carbonyl (C=O) groups excluding carboxylic acids is 4. The molecule has 0 aliphatic rings. The normalized spacial score (nSPS) is 11.6. The number of anilines is 2. The zero-order valence-electron chi connectivity index (χ0n) is 24.6. The van der Waals surface area contributed by atoms with E-state index in [1.165, 1.54) is 37.1 Å². The van der Waals surface area contributed by atoms with Gasteiger partial charge in [0, 0.05) is 39.0 Å². The lowest BCUT2D eigenvalue weighted by Gasteiger charge is -2.16. The van der Waals surface area contributed by atoms with Gasteiger partial charge in [0.05, 0.1) is 12.4 Å². The fraction of sp³-hybridized carbons (Fsp3) is 0.118. The van der Waals surface area contributed by atoms with Gasteiger partial charge in [0.1, 0.15) is 17.2 Å². The van der Waals surface area contributed by atoms with Gasteiger partial charge < -0.3 is 31.5 Å². The maximum Gasteiger partial charge on any atom is 0.272 e. The summed E-state index contributed by atoms with van der Waals surface area (Å²) in [6.07, 6.45) is 1.99. The molecule has 0 spiro atoms. The number of ether oxygens (including phenoxy) is 1. The number of phenolic OH excluding ortho intramolecular Hbond substituents is 1. The Balaban J connectivity index is 1.52. The molecule has 10 nitrogen and oxygen atoms in total. The van der Waals surface area contributed by atoms with E-state index in [4.69, 9.17) is 10.5 Å². The third-order valence-corrected chi connectivity index (χ3v) is 7.87. The molecule has 4 aromatic rings. The van der Waals surface area contributed by atoms with Crippen LogP contribution in [0.2, 0.25) is 0 Å². The smallest absolute Gasteiger partial charge is 0.272 e. The van der Waals surface area contributed by atoms with E-state index < -0.39 is 23.0 Å². The van der Waals surface area contributed by atoms with E-state index in [9.17, 15) is 24.3 Å². The molecular formula is C34H32N4O6S. The number of phenols is 1. The summed E-state index contributed by atoms with van der Waals surface area (Å²) in [6, 6.07) is 26.2. The van der Waals surface area contributed by atoms with Gasteiger partial charge in [-0.3, -0.25) is 19.2 Å². The van der Waals surface area contributed by atoms with Gasteiger partial charge in [0.15, 0.2) is 0 Å². The summed E-state index contributed by atoms with van der Waals surface area (Å²) in [5.41, 5.74) is 7.37. The second kappa shape index (κ2) is 15.3. The van der Waals surface area contributed by atoms with E-state index >= 15 is 0 Å². The fourth-order valence-corrected chi connectivity index (χ4v) is 5.20. The van der Waals surface area contributed by atoms with Crippen LogP contribution in [-0.2, 0) is 9.59 Å². The molecule has 1 atom stereocenters. The first-order chi connectivity index (χ1) is 21.7. The number of benzene rings is 4. The van der Waals surface area contributed by atoms with Crippen molar-refractivity contribution in [2.45, 2.75) is 23.5 Å². The van der Waals surface area contributed by atoms with Crippen LogP contribution in [-0.4, -0.2) is 41.1 Å². The molecular weight excluding hydrogens is 592 g/mol. The second-order valence-electron chi connectivity index (χ2n) is 9.73. The lowest BCUT2D eigenvalue weighted by Crippen LogP contribution is -2.30. The van der Waals surface area contributed by atoms with Gasteiger partial charge in [-0.1, -0.05) is 31.2 Å². The number of primary amides is 1. The van der Waals surface area contributed by atoms with Crippen LogP contribution in [0.15, 0.2) is 108 Å². The number of methoxy groups -OCH3 is 1. The van der Waals surface area contributed by atoms with Crippen LogP contribution < -0.4 is 26.4 Å². The zero-order chi connectivity index (χ0) is 32.3. The average molecular weight is 625 g/mol. The standard InChI is InChI=1S/C34H32N4O6S/c1-3-30(34(43)36-24-15-12-21(13-16-24)31(35)40)45-27-11-7-10-25(19-27)37-33(42)28(38-32(41)22-8-5-4-6-9-22)18-23-14-17-26(39)20-29(23)44-2/h4-20,30,39H,3H2,1-2H3,(H2,35,40)(H,36,43)(H,37,42)(H,38,41)/b28-18+. The second-order valence-corrected chi connectivity index (χ2v) is 11.0. The number of carbonyl (C=O) groups is 4. The summed E-state index contributed by atoms with van der Waals surface area (Å²) < 4.78 is 5.35. The predicted molar refractivity (Wildman–Crippen MR) is 175 cm³/mol. The number of hydrogen-bond donors (Lipinski definition) is 5. The highest BCUT2D eigenvalue weighted by Gasteiger charge is 2.20. The van der Waals surface area contributed by atoms with Crippen molar-refractivity contribution in [3.05, 3.63) is 119 Å². The third-order valence-electron chi connectivity index (χ3n) is 6.52. The van der Waals surface area contributed by atoms with Gasteiger partial charge >= 0.3 is 0 Å². The number of hydrogen-bond acceptors (Lipinski definition) is 7.